The maximum absolute atomic E-state index is 11.2. The van der Waals surface area contributed by atoms with Crippen molar-refractivity contribution in [3.05, 3.63) is 47.0 Å². The molecule has 2 aromatic rings. The van der Waals surface area contributed by atoms with Gasteiger partial charge in [-0.05, 0) is 12.5 Å². The molecular formula is C19H24N4O3S. The number of nitrogens with one attached hydrogen (secondary N) is 2. The Balaban J connectivity index is 1.55. The van der Waals surface area contributed by atoms with Crippen molar-refractivity contribution in [2.45, 2.75) is 31.0 Å². The molecule has 0 aliphatic carbocycles. The highest BCUT2D eigenvalue weighted by molar-refractivity contribution is 7.88. The fraction of sp³-hybridized carbons (Fsp3) is 0.526. The van der Waals surface area contributed by atoms with Crippen LogP contribution in [0.25, 0.3) is 15.8 Å². The average molecular weight is 388 g/mol. The molecule has 144 valence electrons. The van der Waals surface area contributed by atoms with Crippen molar-refractivity contribution >= 4 is 21.0 Å². The lowest BCUT2D eigenvalue weighted by atomic mass is 9.85. The number of nitrogens with zero attached hydrogens (tertiary/aromatic N) is 2. The minimum Gasteiger partial charge on any atom is -0.459 e. The second-order valence-electron chi connectivity index (χ2n) is 7.43. The third-order valence-corrected chi connectivity index (χ3v) is 6.35. The average Bonchev–Trinajstić information content (AvgIpc) is 3.04. The van der Waals surface area contributed by atoms with Crippen LogP contribution in [0.3, 0.4) is 0 Å². The number of rotatable bonds is 5. The summed E-state index contributed by atoms with van der Waals surface area (Å²) in [5, 5.41) is 4.48. The highest BCUT2D eigenvalue weighted by Crippen LogP contribution is 2.44. The minimum absolute atomic E-state index is 0.0827. The van der Waals surface area contributed by atoms with E-state index >= 15 is 0 Å². The SMILES string of the molecule is [C-]#[N+][C@@]1(NCCNS(C)(=O)=O)CCN2CCc3c(oc4ccccc34)[C@@H]2C1. The number of sulfonamides is 1. The Labute approximate surface area is 159 Å². The zero-order chi connectivity index (χ0) is 19.1. The molecule has 2 aliphatic rings. The van der Waals surface area contributed by atoms with Crippen LogP contribution in [-0.4, -0.2) is 51.4 Å². The minimum atomic E-state index is -3.22. The Bertz CT molecular complexity index is 994. The lowest BCUT2D eigenvalue weighted by Gasteiger charge is -2.42. The Morgan fingerprint density at radius 3 is 2.93 bits per heavy atom. The first-order chi connectivity index (χ1) is 12.9. The van der Waals surface area contributed by atoms with Crippen molar-refractivity contribution in [2.75, 3.05) is 32.4 Å². The molecule has 1 aromatic carbocycles. The van der Waals surface area contributed by atoms with E-state index in [2.05, 4.69) is 25.9 Å². The molecule has 0 unspecified atom stereocenters. The first-order valence-corrected chi connectivity index (χ1v) is 11.1. The lowest BCUT2D eigenvalue weighted by Crippen LogP contribution is -2.54. The molecule has 0 saturated carbocycles. The van der Waals surface area contributed by atoms with Crippen LogP contribution < -0.4 is 10.0 Å². The highest BCUT2D eigenvalue weighted by atomic mass is 32.2. The van der Waals surface area contributed by atoms with E-state index in [0.717, 1.165) is 43.5 Å². The molecular weight excluding hydrogens is 364 g/mol. The van der Waals surface area contributed by atoms with E-state index in [1.54, 1.807) is 0 Å². The molecule has 1 saturated heterocycles. The summed E-state index contributed by atoms with van der Waals surface area (Å²) in [7, 11) is -3.22. The molecule has 0 spiro atoms. The third-order valence-electron chi connectivity index (χ3n) is 5.62. The van der Waals surface area contributed by atoms with Gasteiger partial charge in [-0.15, -0.1) is 0 Å². The summed E-state index contributed by atoms with van der Waals surface area (Å²) in [6.45, 7) is 10.3. The second kappa shape index (κ2) is 6.91. The van der Waals surface area contributed by atoms with Crippen molar-refractivity contribution in [1.82, 2.24) is 14.9 Å². The topological polar surface area (TPSA) is 78.9 Å². The first-order valence-electron chi connectivity index (χ1n) is 9.23. The molecule has 2 aliphatic heterocycles. The van der Waals surface area contributed by atoms with E-state index in [1.165, 1.54) is 10.9 Å². The van der Waals surface area contributed by atoms with Gasteiger partial charge < -0.3 is 4.42 Å². The molecule has 3 heterocycles. The molecule has 2 atom stereocenters. The van der Waals surface area contributed by atoms with E-state index in [9.17, 15) is 8.42 Å². The van der Waals surface area contributed by atoms with E-state index in [4.69, 9.17) is 11.0 Å². The predicted molar refractivity (Wildman–Crippen MR) is 104 cm³/mol. The summed E-state index contributed by atoms with van der Waals surface area (Å²) >= 11 is 0. The van der Waals surface area contributed by atoms with Gasteiger partial charge in [-0.25, -0.2) is 25.0 Å². The fourth-order valence-corrected chi connectivity index (χ4v) is 4.77. The van der Waals surface area contributed by atoms with Crippen LogP contribution in [0.15, 0.2) is 28.7 Å². The molecule has 27 heavy (non-hydrogen) atoms. The summed E-state index contributed by atoms with van der Waals surface area (Å²) in [6.07, 6.45) is 3.48. The van der Waals surface area contributed by atoms with Crippen LogP contribution in [0, 0.1) is 6.57 Å². The van der Waals surface area contributed by atoms with Gasteiger partial charge in [-0.3, -0.25) is 9.74 Å². The molecule has 1 fully saturated rings. The molecule has 1 aromatic heterocycles. The molecule has 2 N–H and O–H groups in total. The number of benzene rings is 1. The standard InChI is InChI=1S/C19H24N4O3S/c1-20-19(21-9-10-22-27(2,24)25)8-12-23-11-7-15-14-5-3-4-6-17(14)26-18(15)16(23)13-19/h3-6,16,21-22H,7-13H2,2H3/t16-,19+/m0/s1. The number of hydrogen-bond donors (Lipinski definition) is 2. The van der Waals surface area contributed by atoms with Crippen molar-refractivity contribution in [3.63, 3.8) is 0 Å². The lowest BCUT2D eigenvalue weighted by molar-refractivity contribution is 0.0743. The van der Waals surface area contributed by atoms with E-state index < -0.39 is 15.7 Å². The predicted octanol–water partition coefficient (Wildman–Crippen LogP) is 1.88. The number of fused-ring (bicyclic) bond motifs is 5. The van der Waals surface area contributed by atoms with E-state index in [0.29, 0.717) is 13.0 Å². The normalized spacial score (nSPS) is 25.7. The van der Waals surface area contributed by atoms with Crippen molar-refractivity contribution in [1.29, 1.82) is 0 Å². The van der Waals surface area contributed by atoms with Crippen LogP contribution >= 0.6 is 0 Å². The zero-order valence-corrected chi connectivity index (χ0v) is 16.2. The van der Waals surface area contributed by atoms with Crippen LogP contribution in [0.5, 0.6) is 0 Å². The van der Waals surface area contributed by atoms with Crippen LogP contribution in [0.1, 0.15) is 30.2 Å². The molecule has 8 heteroatoms. The van der Waals surface area contributed by atoms with Gasteiger partial charge in [-0.2, -0.15) is 0 Å². The number of para-hydroxylation sites is 1. The van der Waals surface area contributed by atoms with Gasteiger partial charge in [0.05, 0.1) is 25.1 Å². The van der Waals surface area contributed by atoms with Crippen molar-refractivity contribution < 1.29 is 12.8 Å². The van der Waals surface area contributed by atoms with Gasteiger partial charge in [0.15, 0.2) is 0 Å². The van der Waals surface area contributed by atoms with E-state index in [-0.39, 0.29) is 12.6 Å². The van der Waals surface area contributed by atoms with Gasteiger partial charge >= 0.3 is 0 Å². The second-order valence-corrected chi connectivity index (χ2v) is 9.27. The molecule has 4 rings (SSSR count). The van der Waals surface area contributed by atoms with Crippen LogP contribution in [0.4, 0.5) is 0 Å². The number of hydrogen-bond acceptors (Lipinski definition) is 5. The third kappa shape index (κ3) is 3.60. The Morgan fingerprint density at radius 2 is 2.15 bits per heavy atom. The number of furan rings is 1. The van der Waals surface area contributed by atoms with Gasteiger partial charge in [0.25, 0.3) is 5.66 Å². The van der Waals surface area contributed by atoms with E-state index in [1.807, 2.05) is 18.2 Å². The van der Waals surface area contributed by atoms with Gasteiger partial charge in [0.2, 0.25) is 10.0 Å². The van der Waals surface area contributed by atoms with Crippen molar-refractivity contribution in [2.24, 2.45) is 0 Å². The smallest absolute Gasteiger partial charge is 0.289 e. The largest absolute Gasteiger partial charge is 0.459 e. The Hall–Kier alpha value is -1.92. The maximum atomic E-state index is 11.2. The van der Waals surface area contributed by atoms with Gasteiger partial charge in [-0.1, -0.05) is 18.2 Å². The van der Waals surface area contributed by atoms with Crippen molar-refractivity contribution in [3.8, 4) is 0 Å². The highest BCUT2D eigenvalue weighted by Gasteiger charge is 2.48. The Kier molecular flexibility index (Phi) is 4.72. The summed E-state index contributed by atoms with van der Waals surface area (Å²) in [5.74, 6) is 0.992. The summed E-state index contributed by atoms with van der Waals surface area (Å²) in [5.41, 5.74) is 1.49. The first kappa shape index (κ1) is 18.4. The van der Waals surface area contributed by atoms with Crippen LogP contribution in [-0.2, 0) is 16.4 Å². The Morgan fingerprint density at radius 1 is 1.33 bits per heavy atom. The van der Waals surface area contributed by atoms with Gasteiger partial charge in [0, 0.05) is 37.1 Å². The fourth-order valence-electron chi connectivity index (χ4n) is 4.29. The molecule has 0 bridgehead atoms. The van der Waals surface area contributed by atoms with Crippen LogP contribution in [0.2, 0.25) is 0 Å². The maximum Gasteiger partial charge on any atom is 0.289 e. The van der Waals surface area contributed by atoms with Gasteiger partial charge in [0.1, 0.15) is 11.3 Å². The molecule has 0 radical (unpaired) electrons. The summed E-state index contributed by atoms with van der Waals surface area (Å²) < 4.78 is 31.1. The quantitative estimate of drug-likeness (QED) is 0.604. The summed E-state index contributed by atoms with van der Waals surface area (Å²) in [6, 6.07) is 8.20. The monoisotopic (exact) mass is 388 g/mol. The molecule has 0 amide bonds. The molecule has 7 nitrogen and oxygen atoms in total. The zero-order valence-electron chi connectivity index (χ0n) is 15.4. The number of piperidine rings is 1. The summed E-state index contributed by atoms with van der Waals surface area (Å²) in [4.78, 5) is 6.33.